The van der Waals surface area contributed by atoms with Gasteiger partial charge in [0.1, 0.15) is 6.73 Å². The highest BCUT2D eigenvalue weighted by molar-refractivity contribution is 6.05. The van der Waals surface area contributed by atoms with Crippen molar-refractivity contribution < 1.29 is 9.53 Å². The third-order valence-corrected chi connectivity index (χ3v) is 2.59. The maximum atomic E-state index is 12.4. The van der Waals surface area contributed by atoms with Crippen molar-refractivity contribution in [2.45, 2.75) is 0 Å². The molecule has 0 bridgehead atoms. The number of rotatable bonds is 4. The minimum absolute atomic E-state index is 0.0661. The van der Waals surface area contributed by atoms with Crippen molar-refractivity contribution >= 4 is 11.6 Å². The fourth-order valence-electron chi connectivity index (χ4n) is 1.72. The fraction of sp³-hybridized carbons (Fsp3) is 0.133. The van der Waals surface area contributed by atoms with Gasteiger partial charge in [0.25, 0.3) is 5.91 Å². The zero-order valence-corrected chi connectivity index (χ0v) is 10.2. The molecule has 1 amide bonds. The summed E-state index contributed by atoms with van der Waals surface area (Å²) in [6, 6.07) is 18.7. The molecule has 0 saturated heterocycles. The van der Waals surface area contributed by atoms with Gasteiger partial charge < -0.3 is 4.74 Å². The van der Waals surface area contributed by atoms with Crippen molar-refractivity contribution in [1.82, 2.24) is 0 Å². The summed E-state index contributed by atoms with van der Waals surface area (Å²) in [7, 11) is 1.58. The quantitative estimate of drug-likeness (QED) is 0.770. The highest BCUT2D eigenvalue weighted by Crippen LogP contribution is 2.16. The summed E-state index contributed by atoms with van der Waals surface area (Å²) in [6.45, 7) is 0.234. The molecule has 0 spiro atoms. The van der Waals surface area contributed by atoms with E-state index in [0.717, 1.165) is 5.69 Å². The van der Waals surface area contributed by atoms with Crippen LogP contribution in [0.3, 0.4) is 0 Å². The number of carbonyl (C=O) groups excluding carboxylic acids is 1. The van der Waals surface area contributed by atoms with Crippen molar-refractivity contribution in [2.24, 2.45) is 0 Å². The van der Waals surface area contributed by atoms with E-state index < -0.39 is 0 Å². The molecule has 3 heteroatoms. The zero-order valence-electron chi connectivity index (χ0n) is 10.2. The normalized spacial score (nSPS) is 10.1. The molecule has 0 N–H and O–H groups in total. The monoisotopic (exact) mass is 241 g/mol. The predicted octanol–water partition coefficient (Wildman–Crippen LogP) is 2.94. The van der Waals surface area contributed by atoms with Gasteiger partial charge in [-0.1, -0.05) is 36.4 Å². The molecule has 0 aromatic heterocycles. The molecule has 0 saturated carbocycles. The van der Waals surface area contributed by atoms with Crippen LogP contribution in [0.25, 0.3) is 0 Å². The summed E-state index contributed by atoms with van der Waals surface area (Å²) >= 11 is 0. The first-order chi connectivity index (χ1) is 8.83. The Morgan fingerprint density at radius 2 is 1.56 bits per heavy atom. The predicted molar refractivity (Wildman–Crippen MR) is 71.6 cm³/mol. The fourth-order valence-corrected chi connectivity index (χ4v) is 1.72. The van der Waals surface area contributed by atoms with E-state index in [-0.39, 0.29) is 12.6 Å². The summed E-state index contributed by atoms with van der Waals surface area (Å²) in [6.07, 6.45) is 0. The number of benzene rings is 2. The van der Waals surface area contributed by atoms with E-state index in [1.807, 2.05) is 48.5 Å². The van der Waals surface area contributed by atoms with Crippen LogP contribution in [0.15, 0.2) is 60.7 Å². The highest BCUT2D eigenvalue weighted by Gasteiger charge is 2.16. The van der Waals surface area contributed by atoms with Crippen LogP contribution < -0.4 is 4.90 Å². The molecular formula is C15H15NO2. The number of methoxy groups -OCH3 is 1. The van der Waals surface area contributed by atoms with Crippen LogP contribution in [0.2, 0.25) is 0 Å². The van der Waals surface area contributed by atoms with Crippen LogP contribution in [0.5, 0.6) is 0 Å². The lowest BCUT2D eigenvalue weighted by Gasteiger charge is -2.21. The smallest absolute Gasteiger partial charge is 0.260 e. The molecule has 0 unspecified atom stereocenters. The second-order valence-electron chi connectivity index (χ2n) is 3.85. The molecule has 2 rings (SSSR count). The molecular weight excluding hydrogens is 226 g/mol. The number of anilines is 1. The minimum atomic E-state index is -0.0661. The molecule has 2 aromatic rings. The van der Waals surface area contributed by atoms with E-state index >= 15 is 0 Å². The number of hydrogen-bond acceptors (Lipinski definition) is 2. The van der Waals surface area contributed by atoms with Gasteiger partial charge in [0.2, 0.25) is 0 Å². The molecule has 0 aliphatic rings. The van der Waals surface area contributed by atoms with E-state index in [4.69, 9.17) is 4.74 Å². The maximum absolute atomic E-state index is 12.4. The Bertz CT molecular complexity index is 496. The highest BCUT2D eigenvalue weighted by atomic mass is 16.5. The summed E-state index contributed by atoms with van der Waals surface area (Å²) in [5.41, 5.74) is 1.48. The van der Waals surface area contributed by atoms with Gasteiger partial charge in [-0.05, 0) is 24.3 Å². The summed E-state index contributed by atoms with van der Waals surface area (Å²) in [5, 5.41) is 0. The third-order valence-electron chi connectivity index (χ3n) is 2.59. The molecule has 0 fully saturated rings. The zero-order chi connectivity index (χ0) is 12.8. The molecule has 2 aromatic carbocycles. The Balaban J connectivity index is 2.29. The lowest BCUT2D eigenvalue weighted by atomic mass is 10.2. The van der Waals surface area contributed by atoms with Crippen molar-refractivity contribution in [3.05, 3.63) is 66.2 Å². The van der Waals surface area contributed by atoms with Gasteiger partial charge >= 0.3 is 0 Å². The number of ether oxygens (including phenoxy) is 1. The molecule has 3 nitrogen and oxygen atoms in total. The maximum Gasteiger partial charge on any atom is 0.260 e. The van der Waals surface area contributed by atoms with Crippen LogP contribution in [0.4, 0.5) is 5.69 Å². The number of para-hydroxylation sites is 1. The lowest BCUT2D eigenvalue weighted by Crippen LogP contribution is -2.32. The molecule has 0 radical (unpaired) electrons. The Labute approximate surface area is 107 Å². The average molecular weight is 241 g/mol. The van der Waals surface area contributed by atoms with Gasteiger partial charge in [-0.15, -0.1) is 0 Å². The second-order valence-corrected chi connectivity index (χ2v) is 3.85. The van der Waals surface area contributed by atoms with Crippen LogP contribution in [-0.2, 0) is 4.74 Å². The SMILES string of the molecule is COCN(C(=O)c1ccccc1)c1ccccc1. The average Bonchev–Trinajstić information content (AvgIpc) is 2.46. The third kappa shape index (κ3) is 2.76. The Kier molecular flexibility index (Phi) is 4.10. The van der Waals surface area contributed by atoms with Gasteiger partial charge in [0, 0.05) is 18.4 Å². The van der Waals surface area contributed by atoms with Crippen LogP contribution in [-0.4, -0.2) is 19.7 Å². The minimum Gasteiger partial charge on any atom is -0.364 e. The standard InChI is InChI=1S/C15H15NO2/c1-18-12-16(14-10-6-3-7-11-14)15(17)13-8-4-2-5-9-13/h2-11H,12H2,1H3. The second kappa shape index (κ2) is 5.98. The van der Waals surface area contributed by atoms with E-state index in [9.17, 15) is 4.79 Å². The van der Waals surface area contributed by atoms with Gasteiger partial charge in [0.05, 0.1) is 0 Å². The number of hydrogen-bond donors (Lipinski definition) is 0. The Morgan fingerprint density at radius 3 is 2.11 bits per heavy atom. The van der Waals surface area contributed by atoms with E-state index in [1.54, 1.807) is 24.1 Å². The number of amides is 1. The Morgan fingerprint density at radius 1 is 1.00 bits per heavy atom. The molecule has 92 valence electrons. The Hall–Kier alpha value is -2.13. The molecule has 0 aliphatic carbocycles. The van der Waals surface area contributed by atoms with Crippen LogP contribution in [0, 0.1) is 0 Å². The first-order valence-electron chi connectivity index (χ1n) is 5.74. The van der Waals surface area contributed by atoms with E-state index in [0.29, 0.717) is 5.56 Å². The van der Waals surface area contributed by atoms with E-state index in [2.05, 4.69) is 0 Å². The van der Waals surface area contributed by atoms with Crippen LogP contribution in [0.1, 0.15) is 10.4 Å². The largest absolute Gasteiger partial charge is 0.364 e. The molecule has 0 atom stereocenters. The molecule has 0 heterocycles. The molecule has 18 heavy (non-hydrogen) atoms. The summed E-state index contributed by atoms with van der Waals surface area (Å²) in [4.78, 5) is 14.0. The van der Waals surface area contributed by atoms with Gasteiger partial charge in [-0.3, -0.25) is 9.69 Å². The van der Waals surface area contributed by atoms with E-state index in [1.165, 1.54) is 0 Å². The van der Waals surface area contributed by atoms with Crippen molar-refractivity contribution in [3.8, 4) is 0 Å². The summed E-state index contributed by atoms with van der Waals surface area (Å²) < 4.78 is 5.11. The van der Waals surface area contributed by atoms with Crippen LogP contribution >= 0.6 is 0 Å². The van der Waals surface area contributed by atoms with Crippen molar-refractivity contribution in [3.63, 3.8) is 0 Å². The number of carbonyl (C=O) groups is 1. The topological polar surface area (TPSA) is 29.5 Å². The van der Waals surface area contributed by atoms with Gasteiger partial charge in [0.15, 0.2) is 0 Å². The van der Waals surface area contributed by atoms with Crippen molar-refractivity contribution in [1.29, 1.82) is 0 Å². The number of nitrogens with zero attached hydrogens (tertiary/aromatic N) is 1. The first-order valence-corrected chi connectivity index (χ1v) is 5.74. The lowest BCUT2D eigenvalue weighted by molar-refractivity contribution is 0.0936. The summed E-state index contributed by atoms with van der Waals surface area (Å²) in [5.74, 6) is -0.0661. The molecule has 0 aliphatic heterocycles. The van der Waals surface area contributed by atoms with Gasteiger partial charge in [-0.25, -0.2) is 0 Å². The van der Waals surface area contributed by atoms with Gasteiger partial charge in [-0.2, -0.15) is 0 Å². The van der Waals surface area contributed by atoms with Crippen molar-refractivity contribution in [2.75, 3.05) is 18.7 Å². The first kappa shape index (κ1) is 12.3.